The number of hydrogen-bond acceptors (Lipinski definition) is 4. The SMILES string of the molecule is FC(F)(F)C1CCN(c2ncc(CNC3CC3)s2)CC1. The number of hydrogen-bond donors (Lipinski definition) is 1. The number of nitrogens with one attached hydrogen (secondary N) is 1. The average molecular weight is 305 g/mol. The van der Waals surface area contributed by atoms with E-state index in [4.69, 9.17) is 0 Å². The molecule has 7 heteroatoms. The Bertz CT molecular complexity index is 448. The molecule has 1 saturated heterocycles. The molecule has 3 rings (SSSR count). The normalized spacial score (nSPS) is 21.4. The van der Waals surface area contributed by atoms with E-state index in [0.29, 0.717) is 19.1 Å². The molecule has 0 amide bonds. The van der Waals surface area contributed by atoms with Gasteiger partial charge in [-0.1, -0.05) is 0 Å². The van der Waals surface area contributed by atoms with Crippen molar-refractivity contribution in [1.82, 2.24) is 10.3 Å². The third kappa shape index (κ3) is 3.44. The van der Waals surface area contributed by atoms with Gasteiger partial charge in [0, 0.05) is 36.8 Å². The lowest BCUT2D eigenvalue weighted by Gasteiger charge is -2.32. The Hall–Kier alpha value is -0.820. The van der Waals surface area contributed by atoms with Crippen molar-refractivity contribution >= 4 is 16.5 Å². The van der Waals surface area contributed by atoms with Gasteiger partial charge in [-0.25, -0.2) is 4.98 Å². The quantitative estimate of drug-likeness (QED) is 0.926. The van der Waals surface area contributed by atoms with Gasteiger partial charge in [0.05, 0.1) is 5.92 Å². The zero-order valence-electron chi connectivity index (χ0n) is 11.1. The molecule has 2 aliphatic rings. The molecule has 1 aromatic rings. The minimum Gasteiger partial charge on any atom is -0.348 e. The fourth-order valence-corrected chi connectivity index (χ4v) is 3.37. The van der Waals surface area contributed by atoms with Gasteiger partial charge in [0.15, 0.2) is 5.13 Å². The van der Waals surface area contributed by atoms with Crippen LogP contribution in [-0.2, 0) is 6.54 Å². The highest BCUT2D eigenvalue weighted by Gasteiger charge is 2.41. The minimum absolute atomic E-state index is 0.179. The highest BCUT2D eigenvalue weighted by molar-refractivity contribution is 7.15. The van der Waals surface area contributed by atoms with Gasteiger partial charge in [-0.2, -0.15) is 13.2 Å². The second kappa shape index (κ2) is 5.52. The largest absolute Gasteiger partial charge is 0.391 e. The summed E-state index contributed by atoms with van der Waals surface area (Å²) in [6.45, 7) is 1.72. The predicted molar refractivity (Wildman–Crippen MR) is 73.0 cm³/mol. The van der Waals surface area contributed by atoms with Crippen molar-refractivity contribution in [2.45, 2.75) is 44.4 Å². The van der Waals surface area contributed by atoms with E-state index in [-0.39, 0.29) is 12.8 Å². The first kappa shape index (κ1) is 14.1. The topological polar surface area (TPSA) is 28.2 Å². The molecule has 1 N–H and O–H groups in total. The predicted octanol–water partition coefficient (Wildman–Crippen LogP) is 3.17. The first-order valence-corrected chi connectivity index (χ1v) is 7.84. The van der Waals surface area contributed by atoms with Crippen LogP contribution >= 0.6 is 11.3 Å². The van der Waals surface area contributed by atoms with E-state index in [2.05, 4.69) is 10.3 Å². The maximum atomic E-state index is 12.6. The van der Waals surface area contributed by atoms with Crippen LogP contribution in [0.1, 0.15) is 30.6 Å². The second-order valence-corrected chi connectivity index (χ2v) is 6.66. The molecule has 0 atom stereocenters. The molecule has 1 aliphatic carbocycles. The zero-order valence-corrected chi connectivity index (χ0v) is 11.9. The monoisotopic (exact) mass is 305 g/mol. The summed E-state index contributed by atoms with van der Waals surface area (Å²) in [6.07, 6.45) is 0.643. The van der Waals surface area contributed by atoms with E-state index in [1.165, 1.54) is 12.8 Å². The van der Waals surface area contributed by atoms with Crippen LogP contribution in [0.4, 0.5) is 18.3 Å². The summed E-state index contributed by atoms with van der Waals surface area (Å²) in [5.74, 6) is -1.14. The molecule has 112 valence electrons. The van der Waals surface area contributed by atoms with Crippen molar-refractivity contribution in [3.63, 3.8) is 0 Å². The van der Waals surface area contributed by atoms with E-state index >= 15 is 0 Å². The van der Waals surface area contributed by atoms with Gasteiger partial charge in [0.2, 0.25) is 0 Å². The first-order chi connectivity index (χ1) is 9.52. The maximum absolute atomic E-state index is 12.6. The summed E-state index contributed by atoms with van der Waals surface area (Å²) < 4.78 is 37.9. The molecule has 0 bridgehead atoms. The van der Waals surface area contributed by atoms with E-state index in [9.17, 15) is 13.2 Å². The molecular weight excluding hydrogens is 287 g/mol. The number of piperidine rings is 1. The molecule has 1 saturated carbocycles. The van der Waals surface area contributed by atoms with Gasteiger partial charge in [-0.05, 0) is 25.7 Å². The summed E-state index contributed by atoms with van der Waals surface area (Å²) in [4.78, 5) is 7.49. The summed E-state index contributed by atoms with van der Waals surface area (Å²) >= 11 is 1.59. The summed E-state index contributed by atoms with van der Waals surface area (Å²) in [7, 11) is 0. The fraction of sp³-hybridized carbons (Fsp3) is 0.769. The lowest BCUT2D eigenvalue weighted by Crippen LogP contribution is -2.38. The van der Waals surface area contributed by atoms with Crippen molar-refractivity contribution in [3.05, 3.63) is 11.1 Å². The Kier molecular flexibility index (Phi) is 3.90. The molecule has 3 nitrogen and oxygen atoms in total. The van der Waals surface area contributed by atoms with Gasteiger partial charge in [-0.3, -0.25) is 0 Å². The molecule has 2 heterocycles. The Balaban J connectivity index is 1.52. The molecule has 0 unspecified atom stereocenters. The molecule has 0 aromatic carbocycles. The molecule has 20 heavy (non-hydrogen) atoms. The third-order valence-corrected chi connectivity index (χ3v) is 4.97. The molecule has 0 spiro atoms. The van der Waals surface area contributed by atoms with E-state index < -0.39 is 12.1 Å². The van der Waals surface area contributed by atoms with Gasteiger partial charge in [-0.15, -0.1) is 11.3 Å². The van der Waals surface area contributed by atoms with Crippen LogP contribution in [0.2, 0.25) is 0 Å². The van der Waals surface area contributed by atoms with Crippen LogP contribution in [0.15, 0.2) is 6.20 Å². The maximum Gasteiger partial charge on any atom is 0.391 e. The number of rotatable bonds is 4. The lowest BCUT2D eigenvalue weighted by atomic mass is 9.97. The van der Waals surface area contributed by atoms with E-state index in [1.807, 2.05) is 11.1 Å². The smallest absolute Gasteiger partial charge is 0.348 e. The van der Waals surface area contributed by atoms with E-state index in [0.717, 1.165) is 16.6 Å². The van der Waals surface area contributed by atoms with Gasteiger partial charge < -0.3 is 10.2 Å². The fourth-order valence-electron chi connectivity index (χ4n) is 2.46. The van der Waals surface area contributed by atoms with Crippen LogP contribution in [0.3, 0.4) is 0 Å². The number of aromatic nitrogens is 1. The Morgan fingerprint density at radius 1 is 1.25 bits per heavy atom. The number of thiazole rings is 1. The Morgan fingerprint density at radius 3 is 2.55 bits per heavy atom. The number of alkyl halides is 3. The van der Waals surface area contributed by atoms with Crippen LogP contribution in [0.25, 0.3) is 0 Å². The molecular formula is C13H18F3N3S. The number of halogens is 3. The van der Waals surface area contributed by atoms with Crippen LogP contribution in [0.5, 0.6) is 0 Å². The highest BCUT2D eigenvalue weighted by atomic mass is 32.1. The first-order valence-electron chi connectivity index (χ1n) is 7.02. The highest BCUT2D eigenvalue weighted by Crippen LogP contribution is 2.36. The molecule has 1 aromatic heterocycles. The van der Waals surface area contributed by atoms with Crippen molar-refractivity contribution in [2.24, 2.45) is 5.92 Å². The van der Waals surface area contributed by atoms with Crippen molar-refractivity contribution < 1.29 is 13.2 Å². The van der Waals surface area contributed by atoms with Gasteiger partial charge in [0.1, 0.15) is 0 Å². The van der Waals surface area contributed by atoms with Crippen LogP contribution in [-0.4, -0.2) is 30.3 Å². The van der Waals surface area contributed by atoms with Crippen molar-refractivity contribution in [1.29, 1.82) is 0 Å². The molecule has 1 aliphatic heterocycles. The van der Waals surface area contributed by atoms with Crippen LogP contribution < -0.4 is 10.2 Å². The second-order valence-electron chi connectivity index (χ2n) is 5.57. The molecule has 0 radical (unpaired) electrons. The van der Waals surface area contributed by atoms with Gasteiger partial charge in [0.25, 0.3) is 0 Å². The average Bonchev–Trinajstić information content (AvgIpc) is 3.13. The Labute approximate surface area is 120 Å². The van der Waals surface area contributed by atoms with Gasteiger partial charge >= 0.3 is 6.18 Å². The lowest BCUT2D eigenvalue weighted by molar-refractivity contribution is -0.179. The zero-order chi connectivity index (χ0) is 14.2. The number of anilines is 1. The minimum atomic E-state index is -4.05. The Morgan fingerprint density at radius 2 is 1.95 bits per heavy atom. The van der Waals surface area contributed by atoms with Crippen molar-refractivity contribution in [3.8, 4) is 0 Å². The summed E-state index contributed by atoms with van der Waals surface area (Å²) in [5, 5.41) is 4.28. The standard InChI is InChI=1S/C13H18F3N3S/c14-13(15,16)9-3-5-19(6-4-9)12-18-8-11(20-12)7-17-10-1-2-10/h8-10,17H,1-7H2. The summed E-state index contributed by atoms with van der Waals surface area (Å²) in [6, 6.07) is 0.656. The van der Waals surface area contributed by atoms with E-state index in [1.54, 1.807) is 11.3 Å². The van der Waals surface area contributed by atoms with Crippen molar-refractivity contribution in [2.75, 3.05) is 18.0 Å². The molecule has 2 fully saturated rings. The third-order valence-electron chi connectivity index (χ3n) is 3.91. The summed E-state index contributed by atoms with van der Waals surface area (Å²) in [5.41, 5.74) is 0. The van der Waals surface area contributed by atoms with Crippen LogP contribution in [0, 0.1) is 5.92 Å². The number of nitrogens with zero attached hydrogens (tertiary/aromatic N) is 2.